The maximum atomic E-state index is 11.8. The van der Waals surface area contributed by atoms with Crippen LogP contribution in [-0.2, 0) is 22.6 Å². The summed E-state index contributed by atoms with van der Waals surface area (Å²) in [6.45, 7) is 10.1. The van der Waals surface area contributed by atoms with Gasteiger partial charge in [0.15, 0.2) is 0 Å². The van der Waals surface area contributed by atoms with Crippen LogP contribution < -0.4 is 5.62 Å². The van der Waals surface area contributed by atoms with Crippen molar-refractivity contribution in [1.82, 2.24) is 14.0 Å². The molecule has 0 fully saturated rings. The summed E-state index contributed by atoms with van der Waals surface area (Å²) in [7, 11) is 0. The van der Waals surface area contributed by atoms with Gasteiger partial charge in [-0.2, -0.15) is 0 Å². The van der Waals surface area contributed by atoms with Crippen molar-refractivity contribution in [2.75, 3.05) is 26.2 Å². The maximum absolute atomic E-state index is 11.8. The fourth-order valence-corrected chi connectivity index (χ4v) is 2.80. The predicted molar refractivity (Wildman–Crippen MR) is 90.2 cm³/mol. The van der Waals surface area contributed by atoms with Crippen molar-refractivity contribution >= 4 is 17.0 Å². The summed E-state index contributed by atoms with van der Waals surface area (Å²) >= 11 is 0. The van der Waals surface area contributed by atoms with Gasteiger partial charge in [0.05, 0.1) is 17.6 Å². The number of likely N-dealkylation sites (N-methyl/N-ethyl adjacent to an activating group) is 1. The number of nitrogens with zero attached hydrogens (tertiary/aromatic N) is 3. The number of imidazole rings is 1. The van der Waals surface area contributed by atoms with Gasteiger partial charge in [0, 0.05) is 13.1 Å². The molecule has 2 rings (SSSR count). The average molecular weight is 318 g/mol. The molecular formula is C17H26N4O2. The molecule has 1 heterocycles. The molecule has 1 N–H and O–H groups in total. The lowest BCUT2D eigenvalue weighted by Gasteiger charge is -2.18. The van der Waals surface area contributed by atoms with Crippen LogP contribution in [0.1, 0.15) is 20.8 Å². The van der Waals surface area contributed by atoms with Crippen LogP contribution in [0.5, 0.6) is 0 Å². The van der Waals surface area contributed by atoms with Gasteiger partial charge in [-0.05, 0) is 32.1 Å². The summed E-state index contributed by atoms with van der Waals surface area (Å²) in [6, 6.07) is 7.83. The summed E-state index contributed by atoms with van der Waals surface area (Å²) in [5, 5.41) is 8.46. The first-order chi connectivity index (χ1) is 11.1. The predicted octanol–water partition coefficient (Wildman–Crippen LogP) is 1.83. The third-order valence-corrected chi connectivity index (χ3v) is 4.10. The highest BCUT2D eigenvalue weighted by atomic mass is 16.5. The first-order valence-electron chi connectivity index (χ1n) is 8.22. The lowest BCUT2D eigenvalue weighted by atomic mass is 10.3. The van der Waals surface area contributed by atoms with Crippen molar-refractivity contribution in [3.8, 4) is 0 Å². The van der Waals surface area contributed by atoms with Gasteiger partial charge in [-0.15, -0.1) is 0 Å². The topological polar surface area (TPSA) is 63.2 Å². The number of esters is 1. The summed E-state index contributed by atoms with van der Waals surface area (Å²) in [4.78, 5) is 14.2. The molecule has 1 aromatic carbocycles. The van der Waals surface area contributed by atoms with Gasteiger partial charge in [0.2, 0.25) is 5.62 Å². The summed E-state index contributed by atoms with van der Waals surface area (Å²) < 4.78 is 8.71. The Balaban J connectivity index is 2.35. The smallest absolute Gasteiger partial charge is 0.326 e. The first-order valence-corrected chi connectivity index (χ1v) is 8.22. The highest BCUT2D eigenvalue weighted by molar-refractivity contribution is 5.78. The Labute approximate surface area is 136 Å². The summed E-state index contributed by atoms with van der Waals surface area (Å²) in [5.41, 5.74) is 2.21. The molecule has 0 saturated heterocycles. The van der Waals surface area contributed by atoms with E-state index in [1.807, 2.05) is 28.8 Å². The molecule has 0 atom stereocenters. The SMILES string of the molecule is CCOC(=O)Cn1c(=N)n(CCN(CC)CC)c2ccccc21. The van der Waals surface area contributed by atoms with Crippen LogP contribution in [0.25, 0.3) is 11.0 Å². The zero-order chi connectivity index (χ0) is 16.8. The minimum atomic E-state index is -0.308. The molecule has 1 aromatic heterocycles. The zero-order valence-corrected chi connectivity index (χ0v) is 14.2. The second-order valence-corrected chi connectivity index (χ2v) is 5.38. The van der Waals surface area contributed by atoms with Gasteiger partial charge < -0.3 is 14.2 Å². The van der Waals surface area contributed by atoms with Crippen molar-refractivity contribution in [2.24, 2.45) is 0 Å². The highest BCUT2D eigenvalue weighted by Gasteiger charge is 2.14. The molecule has 0 amide bonds. The van der Waals surface area contributed by atoms with Crippen LogP contribution >= 0.6 is 0 Å². The van der Waals surface area contributed by atoms with E-state index in [2.05, 4.69) is 18.7 Å². The summed E-state index contributed by atoms with van der Waals surface area (Å²) in [6.07, 6.45) is 0. The lowest BCUT2D eigenvalue weighted by Crippen LogP contribution is -2.32. The van der Waals surface area contributed by atoms with Crippen LogP contribution in [-0.4, -0.2) is 46.2 Å². The fraction of sp³-hybridized carbons (Fsp3) is 0.529. The zero-order valence-electron chi connectivity index (χ0n) is 14.2. The third kappa shape index (κ3) is 3.82. The standard InChI is InChI=1S/C17H26N4O2/c1-4-19(5-2)11-12-20-14-9-7-8-10-15(14)21(17(20)18)13-16(22)23-6-3/h7-10,18H,4-6,11-13H2,1-3H3. The number of carbonyl (C=O) groups excluding carboxylic acids is 1. The number of para-hydroxylation sites is 2. The number of nitrogens with one attached hydrogen (secondary N) is 1. The minimum Gasteiger partial charge on any atom is -0.465 e. The van der Waals surface area contributed by atoms with Crippen LogP contribution in [0, 0.1) is 5.41 Å². The first kappa shape index (κ1) is 17.3. The van der Waals surface area contributed by atoms with E-state index >= 15 is 0 Å². The number of carbonyl (C=O) groups is 1. The number of aromatic nitrogens is 2. The normalized spacial score (nSPS) is 11.3. The Morgan fingerprint density at radius 3 is 2.30 bits per heavy atom. The molecule has 6 nitrogen and oxygen atoms in total. The molecular weight excluding hydrogens is 292 g/mol. The van der Waals surface area contributed by atoms with E-state index in [1.54, 1.807) is 11.5 Å². The molecule has 2 aromatic rings. The maximum Gasteiger partial charge on any atom is 0.326 e. The molecule has 0 saturated carbocycles. The molecule has 0 bridgehead atoms. The molecule has 0 radical (unpaired) electrons. The Hall–Kier alpha value is -2.08. The molecule has 23 heavy (non-hydrogen) atoms. The quantitative estimate of drug-likeness (QED) is 0.755. The van der Waals surface area contributed by atoms with Crippen molar-refractivity contribution in [3.63, 3.8) is 0 Å². The molecule has 0 spiro atoms. The van der Waals surface area contributed by atoms with Crippen molar-refractivity contribution in [1.29, 1.82) is 5.41 Å². The molecule has 0 aliphatic carbocycles. The van der Waals surface area contributed by atoms with Gasteiger partial charge in [-0.1, -0.05) is 26.0 Å². The Kier molecular flexibility index (Phi) is 5.98. The van der Waals surface area contributed by atoms with E-state index in [9.17, 15) is 4.79 Å². The second-order valence-electron chi connectivity index (χ2n) is 5.38. The molecule has 126 valence electrons. The minimum absolute atomic E-state index is 0.0749. The van der Waals surface area contributed by atoms with E-state index in [4.69, 9.17) is 10.1 Å². The van der Waals surface area contributed by atoms with E-state index < -0.39 is 0 Å². The van der Waals surface area contributed by atoms with Crippen LogP contribution in [0.3, 0.4) is 0 Å². The van der Waals surface area contributed by atoms with E-state index in [1.165, 1.54) is 0 Å². The average Bonchev–Trinajstić information content (AvgIpc) is 2.81. The lowest BCUT2D eigenvalue weighted by molar-refractivity contribution is -0.143. The van der Waals surface area contributed by atoms with E-state index in [0.29, 0.717) is 12.2 Å². The molecule has 0 aliphatic rings. The highest BCUT2D eigenvalue weighted by Crippen LogP contribution is 2.13. The molecule has 0 unspecified atom stereocenters. The number of fused-ring (bicyclic) bond motifs is 1. The largest absolute Gasteiger partial charge is 0.465 e. The Morgan fingerprint density at radius 2 is 1.74 bits per heavy atom. The van der Waals surface area contributed by atoms with Gasteiger partial charge in [-0.3, -0.25) is 14.8 Å². The Morgan fingerprint density at radius 1 is 1.13 bits per heavy atom. The van der Waals surface area contributed by atoms with Gasteiger partial charge in [-0.25, -0.2) is 0 Å². The van der Waals surface area contributed by atoms with Crippen molar-refractivity contribution in [2.45, 2.75) is 33.9 Å². The number of ether oxygens (including phenoxy) is 1. The van der Waals surface area contributed by atoms with Crippen LogP contribution in [0.15, 0.2) is 24.3 Å². The van der Waals surface area contributed by atoms with Gasteiger partial charge in [0.25, 0.3) is 0 Å². The Bertz CT molecular complexity index is 713. The van der Waals surface area contributed by atoms with E-state index in [-0.39, 0.29) is 12.5 Å². The third-order valence-electron chi connectivity index (χ3n) is 4.10. The molecule has 0 aliphatic heterocycles. The monoisotopic (exact) mass is 318 g/mol. The fourth-order valence-electron chi connectivity index (χ4n) is 2.80. The van der Waals surface area contributed by atoms with Crippen molar-refractivity contribution < 1.29 is 9.53 Å². The summed E-state index contributed by atoms with van der Waals surface area (Å²) in [5.74, 6) is -0.308. The van der Waals surface area contributed by atoms with Crippen LogP contribution in [0.4, 0.5) is 0 Å². The van der Waals surface area contributed by atoms with Gasteiger partial charge >= 0.3 is 5.97 Å². The van der Waals surface area contributed by atoms with E-state index in [0.717, 1.165) is 37.2 Å². The van der Waals surface area contributed by atoms with Crippen molar-refractivity contribution in [3.05, 3.63) is 29.9 Å². The second kappa shape index (κ2) is 7.97. The number of benzene rings is 1. The number of hydrogen-bond acceptors (Lipinski definition) is 4. The van der Waals surface area contributed by atoms with Gasteiger partial charge in [0.1, 0.15) is 6.54 Å². The number of rotatable bonds is 8. The van der Waals surface area contributed by atoms with Crippen LogP contribution in [0.2, 0.25) is 0 Å². The molecule has 6 heteroatoms. The number of hydrogen-bond donors (Lipinski definition) is 1.